The molecule has 5 nitrogen and oxygen atoms in total. The van der Waals surface area contributed by atoms with E-state index >= 15 is 0 Å². The summed E-state index contributed by atoms with van der Waals surface area (Å²) in [5.41, 5.74) is 2.64. The molecule has 0 heterocycles. The largest absolute Gasteiger partial charge is 0.504 e. The minimum Gasteiger partial charge on any atom is -0.504 e. The second-order valence-electron chi connectivity index (χ2n) is 7.51. The van der Waals surface area contributed by atoms with Crippen molar-refractivity contribution in [1.82, 2.24) is 5.32 Å². The van der Waals surface area contributed by atoms with Crippen molar-refractivity contribution in [1.29, 1.82) is 0 Å². The molecule has 1 atom stereocenters. The van der Waals surface area contributed by atoms with Crippen molar-refractivity contribution in [3.8, 4) is 11.5 Å². The maximum atomic E-state index is 12.4. The lowest BCUT2D eigenvalue weighted by Crippen LogP contribution is -2.27. The Labute approximate surface area is 194 Å². The molecule has 0 aromatic heterocycles. The highest BCUT2D eigenvalue weighted by Gasteiger charge is 2.16. The molecule has 0 saturated carbocycles. The minimum absolute atomic E-state index is 0.0411. The normalized spacial score (nSPS) is 11.4. The summed E-state index contributed by atoms with van der Waals surface area (Å²) in [6.07, 6.45) is 1.33. The molecule has 0 bridgehead atoms. The van der Waals surface area contributed by atoms with Crippen LogP contribution >= 0.6 is 12.2 Å². The van der Waals surface area contributed by atoms with E-state index in [1.165, 1.54) is 12.7 Å². The number of esters is 1. The van der Waals surface area contributed by atoms with Crippen LogP contribution in [0.5, 0.6) is 11.5 Å². The fourth-order valence-electron chi connectivity index (χ4n) is 3.36. The second kappa shape index (κ2) is 11.9. The van der Waals surface area contributed by atoms with E-state index in [1.807, 2.05) is 42.5 Å². The monoisotopic (exact) mass is 449 g/mol. The maximum Gasteiger partial charge on any atom is 0.338 e. The van der Waals surface area contributed by atoms with Crippen LogP contribution < -0.4 is 10.1 Å². The summed E-state index contributed by atoms with van der Waals surface area (Å²) < 4.78 is 10.8. The summed E-state index contributed by atoms with van der Waals surface area (Å²) in [7, 11) is 1.52. The van der Waals surface area contributed by atoms with Gasteiger partial charge in [-0.3, -0.25) is 0 Å². The zero-order valence-corrected chi connectivity index (χ0v) is 18.8. The molecule has 3 aromatic rings. The first-order valence-corrected chi connectivity index (χ1v) is 10.8. The highest BCUT2D eigenvalue weighted by atomic mass is 32.1. The Kier molecular flexibility index (Phi) is 8.63. The Morgan fingerprint density at radius 3 is 2.38 bits per heavy atom. The van der Waals surface area contributed by atoms with Crippen LogP contribution in [0.2, 0.25) is 0 Å². The van der Waals surface area contributed by atoms with Crippen LogP contribution in [0.3, 0.4) is 0 Å². The molecular weight excluding hydrogens is 422 g/mol. The van der Waals surface area contributed by atoms with E-state index in [-0.39, 0.29) is 24.2 Å². The molecule has 32 heavy (non-hydrogen) atoms. The number of ether oxygens (including phenoxy) is 2. The molecule has 6 heteroatoms. The third-order valence-electron chi connectivity index (χ3n) is 5.03. The smallest absolute Gasteiger partial charge is 0.338 e. The van der Waals surface area contributed by atoms with Gasteiger partial charge in [-0.05, 0) is 41.8 Å². The van der Waals surface area contributed by atoms with Crippen molar-refractivity contribution in [2.75, 3.05) is 13.7 Å². The number of carbonyl (C=O) groups is 1. The van der Waals surface area contributed by atoms with E-state index in [9.17, 15) is 9.90 Å². The highest BCUT2D eigenvalue weighted by molar-refractivity contribution is 7.80. The molecule has 2 N–H and O–H groups in total. The van der Waals surface area contributed by atoms with Gasteiger partial charge in [0.05, 0.1) is 24.3 Å². The van der Waals surface area contributed by atoms with Crippen molar-refractivity contribution < 1.29 is 19.4 Å². The molecule has 0 radical (unpaired) electrons. The van der Waals surface area contributed by atoms with Crippen LogP contribution in [-0.4, -0.2) is 29.8 Å². The van der Waals surface area contributed by atoms with Gasteiger partial charge in [0.25, 0.3) is 0 Å². The topological polar surface area (TPSA) is 67.8 Å². The van der Waals surface area contributed by atoms with E-state index < -0.39 is 0 Å². The van der Waals surface area contributed by atoms with Gasteiger partial charge in [0, 0.05) is 18.9 Å². The van der Waals surface area contributed by atoms with Crippen LogP contribution in [0, 0.1) is 5.92 Å². The molecule has 166 valence electrons. The number of phenolic OH excluding ortho intramolecular Hbond substituents is 1. The number of aromatic hydroxyl groups is 1. The molecular formula is C26H27NO4S. The number of carbonyl (C=O) groups excluding carboxylic acids is 1. The highest BCUT2D eigenvalue weighted by Crippen LogP contribution is 2.26. The number of methoxy groups -OCH3 is 1. The average molecular weight is 450 g/mol. The maximum absolute atomic E-state index is 12.4. The van der Waals surface area contributed by atoms with E-state index in [1.54, 1.807) is 24.3 Å². The molecule has 0 spiro atoms. The van der Waals surface area contributed by atoms with Gasteiger partial charge in [-0.15, -0.1) is 0 Å². The summed E-state index contributed by atoms with van der Waals surface area (Å²) >= 11 is 5.57. The lowest BCUT2D eigenvalue weighted by atomic mass is 9.96. The lowest BCUT2D eigenvalue weighted by molar-refractivity contribution is 0.0442. The number of benzene rings is 3. The Morgan fingerprint density at radius 1 is 1.00 bits per heavy atom. The van der Waals surface area contributed by atoms with Gasteiger partial charge in [-0.25, -0.2) is 4.79 Å². The fourth-order valence-corrected chi connectivity index (χ4v) is 3.66. The van der Waals surface area contributed by atoms with Gasteiger partial charge < -0.3 is 19.9 Å². The zero-order valence-electron chi connectivity index (χ0n) is 18.0. The molecule has 0 aliphatic carbocycles. The van der Waals surface area contributed by atoms with Crippen LogP contribution in [-0.2, 0) is 17.7 Å². The third kappa shape index (κ3) is 7.10. The van der Waals surface area contributed by atoms with Crippen LogP contribution in [0.1, 0.15) is 27.9 Å². The van der Waals surface area contributed by atoms with Gasteiger partial charge in [-0.2, -0.15) is 0 Å². The second-order valence-corrected chi connectivity index (χ2v) is 8.00. The SMILES string of the molecule is COc1cc(CNC(=S)CC(COC(=O)c2ccccc2)Cc2ccccc2)ccc1O. The van der Waals surface area contributed by atoms with Crippen molar-refractivity contribution in [3.63, 3.8) is 0 Å². The zero-order chi connectivity index (χ0) is 22.8. The van der Waals surface area contributed by atoms with Crippen molar-refractivity contribution in [2.45, 2.75) is 19.4 Å². The van der Waals surface area contributed by atoms with Gasteiger partial charge in [0.1, 0.15) is 0 Å². The first-order valence-electron chi connectivity index (χ1n) is 10.4. The standard InChI is InChI=1S/C26H27NO4S/c1-30-24-15-20(12-13-23(24)28)17-27-25(32)16-21(14-19-8-4-2-5-9-19)18-31-26(29)22-10-6-3-7-11-22/h2-13,15,21,28H,14,16-18H2,1H3,(H,27,32). The molecule has 3 aromatic carbocycles. The number of nitrogens with one attached hydrogen (secondary N) is 1. The van der Waals surface area contributed by atoms with Gasteiger partial charge in [0.15, 0.2) is 11.5 Å². The van der Waals surface area contributed by atoms with Crippen molar-refractivity contribution in [3.05, 3.63) is 95.6 Å². The summed E-state index contributed by atoms with van der Waals surface area (Å²) in [6.45, 7) is 0.787. The number of rotatable bonds is 10. The lowest BCUT2D eigenvalue weighted by Gasteiger charge is -2.19. The van der Waals surface area contributed by atoms with Gasteiger partial charge in [-0.1, -0.05) is 66.8 Å². The summed E-state index contributed by atoms with van der Waals surface area (Å²) in [6, 6.07) is 24.3. The summed E-state index contributed by atoms with van der Waals surface area (Å²) in [5.74, 6) is 0.227. The third-order valence-corrected chi connectivity index (χ3v) is 5.35. The molecule has 0 amide bonds. The van der Waals surface area contributed by atoms with Gasteiger partial charge >= 0.3 is 5.97 Å². The van der Waals surface area contributed by atoms with Crippen LogP contribution in [0.15, 0.2) is 78.9 Å². The number of phenols is 1. The van der Waals surface area contributed by atoms with E-state index in [0.717, 1.165) is 12.0 Å². The Hall–Kier alpha value is -3.38. The molecule has 0 fully saturated rings. The summed E-state index contributed by atoms with van der Waals surface area (Å²) in [4.78, 5) is 13.1. The minimum atomic E-state index is -0.335. The first kappa shape index (κ1) is 23.3. The predicted molar refractivity (Wildman–Crippen MR) is 129 cm³/mol. The van der Waals surface area contributed by atoms with E-state index in [0.29, 0.717) is 29.3 Å². The average Bonchev–Trinajstić information content (AvgIpc) is 2.83. The van der Waals surface area contributed by atoms with Crippen LogP contribution in [0.25, 0.3) is 0 Å². The van der Waals surface area contributed by atoms with Crippen molar-refractivity contribution >= 4 is 23.2 Å². The predicted octanol–water partition coefficient (Wildman–Crippen LogP) is 4.92. The molecule has 0 saturated heterocycles. The summed E-state index contributed by atoms with van der Waals surface area (Å²) in [5, 5.41) is 13.0. The van der Waals surface area contributed by atoms with Crippen molar-refractivity contribution in [2.24, 2.45) is 5.92 Å². The Balaban J connectivity index is 1.59. The Bertz CT molecular complexity index is 1020. The van der Waals surface area contributed by atoms with E-state index in [4.69, 9.17) is 21.7 Å². The fraction of sp³-hybridized carbons (Fsp3) is 0.231. The Morgan fingerprint density at radius 2 is 1.69 bits per heavy atom. The molecule has 1 unspecified atom stereocenters. The van der Waals surface area contributed by atoms with Gasteiger partial charge in [0.2, 0.25) is 0 Å². The van der Waals surface area contributed by atoms with E-state index in [2.05, 4.69) is 17.4 Å². The molecule has 0 aliphatic heterocycles. The first-order chi connectivity index (χ1) is 15.5. The molecule has 0 aliphatic rings. The quantitative estimate of drug-likeness (QED) is 0.338. The number of hydrogen-bond acceptors (Lipinski definition) is 5. The molecule has 3 rings (SSSR count). The number of hydrogen-bond donors (Lipinski definition) is 2. The number of thiocarbonyl (C=S) groups is 1. The van der Waals surface area contributed by atoms with Crippen LogP contribution in [0.4, 0.5) is 0 Å².